The second-order valence-electron chi connectivity index (χ2n) is 4.09. The van der Waals surface area contributed by atoms with Gasteiger partial charge in [0.2, 0.25) is 0 Å². The molecule has 0 amide bonds. The summed E-state index contributed by atoms with van der Waals surface area (Å²) in [5, 5.41) is 0. The molecule has 0 radical (unpaired) electrons. The van der Waals surface area contributed by atoms with Crippen molar-refractivity contribution in [3.8, 4) is 16.9 Å². The van der Waals surface area contributed by atoms with E-state index >= 15 is 0 Å². The van der Waals surface area contributed by atoms with Gasteiger partial charge in [0.25, 0.3) is 0 Å². The smallest absolute Gasteiger partial charge is 0.464 e. The Labute approximate surface area is 122 Å². The highest BCUT2D eigenvalue weighted by Gasteiger charge is 2.32. The minimum atomic E-state index is -4.88. The summed E-state index contributed by atoms with van der Waals surface area (Å²) in [5.74, 6) is -2.49. The van der Waals surface area contributed by atoms with Crippen molar-refractivity contribution in [3.05, 3.63) is 48.0 Å². The number of halogens is 4. The van der Waals surface area contributed by atoms with Crippen molar-refractivity contribution in [2.45, 2.75) is 6.36 Å². The highest BCUT2D eigenvalue weighted by molar-refractivity contribution is 5.88. The number of para-hydroxylation sites is 1. The van der Waals surface area contributed by atoms with E-state index in [4.69, 9.17) is 0 Å². The van der Waals surface area contributed by atoms with Gasteiger partial charge in [0.1, 0.15) is 5.75 Å². The Morgan fingerprint density at radius 2 is 1.91 bits per heavy atom. The summed E-state index contributed by atoms with van der Waals surface area (Å²) in [6, 6.07) is 6.10. The number of carbonyl (C=O) groups excluding carboxylic acids is 1. The van der Waals surface area contributed by atoms with Gasteiger partial charge < -0.3 is 9.47 Å². The van der Waals surface area contributed by atoms with Gasteiger partial charge in [-0.15, -0.1) is 13.2 Å². The summed E-state index contributed by atoms with van der Waals surface area (Å²) >= 11 is 0. The van der Waals surface area contributed by atoms with Crippen LogP contribution in [0, 0.1) is 5.82 Å². The predicted molar refractivity (Wildman–Crippen MR) is 67.7 cm³/mol. The third-order valence-corrected chi connectivity index (χ3v) is 2.64. The van der Waals surface area contributed by atoms with Crippen LogP contribution in [0.5, 0.6) is 5.75 Å². The first-order chi connectivity index (χ1) is 10.3. The van der Waals surface area contributed by atoms with Crippen molar-refractivity contribution >= 4 is 5.97 Å². The van der Waals surface area contributed by atoms with Crippen LogP contribution >= 0.6 is 0 Å². The molecule has 0 N–H and O–H groups in total. The Morgan fingerprint density at radius 1 is 1.23 bits per heavy atom. The molecule has 0 unspecified atom stereocenters. The number of esters is 1. The monoisotopic (exact) mass is 315 g/mol. The minimum Gasteiger partial charge on any atom is -0.464 e. The Hall–Kier alpha value is -2.64. The maximum Gasteiger partial charge on any atom is 0.573 e. The summed E-state index contributed by atoms with van der Waals surface area (Å²) in [6.07, 6.45) is -3.82. The number of carbonyl (C=O) groups is 1. The number of benzene rings is 1. The molecule has 0 bridgehead atoms. The van der Waals surface area contributed by atoms with Gasteiger partial charge in [0.05, 0.1) is 7.11 Å². The van der Waals surface area contributed by atoms with Gasteiger partial charge in [-0.3, -0.25) is 0 Å². The van der Waals surface area contributed by atoms with Crippen LogP contribution in [-0.2, 0) is 4.74 Å². The summed E-state index contributed by atoms with van der Waals surface area (Å²) < 4.78 is 59.1. The molecule has 8 heteroatoms. The van der Waals surface area contributed by atoms with E-state index in [1.54, 1.807) is 0 Å². The van der Waals surface area contributed by atoms with Crippen molar-refractivity contribution < 1.29 is 31.8 Å². The zero-order valence-electron chi connectivity index (χ0n) is 11.1. The molecule has 22 heavy (non-hydrogen) atoms. The molecule has 0 spiro atoms. The molecule has 1 aromatic carbocycles. The van der Waals surface area contributed by atoms with E-state index in [9.17, 15) is 22.4 Å². The zero-order chi connectivity index (χ0) is 16.3. The normalized spacial score (nSPS) is 11.1. The fourth-order valence-corrected chi connectivity index (χ4v) is 1.75. The number of nitrogens with zero attached hydrogens (tertiary/aromatic N) is 1. The predicted octanol–water partition coefficient (Wildman–Crippen LogP) is 3.57. The topological polar surface area (TPSA) is 48.4 Å². The number of hydrogen-bond acceptors (Lipinski definition) is 4. The number of rotatable bonds is 3. The lowest BCUT2D eigenvalue weighted by Gasteiger charge is -2.13. The molecule has 0 fully saturated rings. The molecule has 1 heterocycles. The number of methoxy groups -OCH3 is 1. The molecule has 2 rings (SSSR count). The maximum absolute atomic E-state index is 13.8. The molecule has 0 atom stereocenters. The van der Waals surface area contributed by atoms with Gasteiger partial charge in [-0.1, -0.05) is 18.2 Å². The van der Waals surface area contributed by atoms with Gasteiger partial charge in [-0.05, 0) is 12.1 Å². The average Bonchev–Trinajstić information content (AvgIpc) is 2.45. The molecule has 0 aliphatic carbocycles. The molecule has 116 valence electrons. The molecular weight excluding hydrogens is 306 g/mol. The summed E-state index contributed by atoms with van der Waals surface area (Å²) in [6.45, 7) is 0. The van der Waals surface area contributed by atoms with E-state index in [0.29, 0.717) is 0 Å². The minimum absolute atomic E-state index is 0.0114. The SMILES string of the molecule is COC(=O)c1ncc(-c2ccccc2OC(F)(F)F)cc1F. The van der Waals surface area contributed by atoms with Crippen LogP contribution in [-0.4, -0.2) is 24.4 Å². The lowest BCUT2D eigenvalue weighted by atomic mass is 10.1. The number of hydrogen-bond donors (Lipinski definition) is 0. The van der Waals surface area contributed by atoms with Crippen LogP contribution in [0.15, 0.2) is 36.5 Å². The first kappa shape index (κ1) is 15.7. The first-order valence-corrected chi connectivity index (χ1v) is 5.91. The summed E-state index contributed by atoms with van der Waals surface area (Å²) in [7, 11) is 1.06. The number of pyridine rings is 1. The van der Waals surface area contributed by atoms with E-state index in [1.165, 1.54) is 18.2 Å². The van der Waals surface area contributed by atoms with Crippen molar-refractivity contribution in [1.29, 1.82) is 0 Å². The van der Waals surface area contributed by atoms with Crippen molar-refractivity contribution in [3.63, 3.8) is 0 Å². The van der Waals surface area contributed by atoms with Gasteiger partial charge in [-0.2, -0.15) is 0 Å². The van der Waals surface area contributed by atoms with Gasteiger partial charge in [0.15, 0.2) is 11.5 Å². The number of aromatic nitrogens is 1. The average molecular weight is 315 g/mol. The third-order valence-electron chi connectivity index (χ3n) is 2.64. The molecule has 0 aliphatic rings. The van der Waals surface area contributed by atoms with Crippen molar-refractivity contribution in [2.75, 3.05) is 7.11 Å². The maximum atomic E-state index is 13.8. The van der Waals surface area contributed by atoms with Gasteiger partial charge in [0, 0.05) is 17.3 Å². The standard InChI is InChI=1S/C14H9F4NO3/c1-21-13(20)12-10(15)6-8(7-19-12)9-4-2-3-5-11(9)22-14(16,17)18/h2-7H,1H3. The molecule has 4 nitrogen and oxygen atoms in total. The zero-order valence-corrected chi connectivity index (χ0v) is 11.1. The van der Waals surface area contributed by atoms with Crippen molar-refractivity contribution in [1.82, 2.24) is 4.98 Å². The Balaban J connectivity index is 2.45. The van der Waals surface area contributed by atoms with Gasteiger partial charge >= 0.3 is 12.3 Å². The fraction of sp³-hybridized carbons (Fsp3) is 0.143. The Bertz CT molecular complexity index is 701. The van der Waals surface area contributed by atoms with Crippen LogP contribution in [0.25, 0.3) is 11.1 Å². The second kappa shape index (κ2) is 6.00. The van der Waals surface area contributed by atoms with E-state index in [-0.39, 0.29) is 11.1 Å². The first-order valence-electron chi connectivity index (χ1n) is 5.91. The van der Waals surface area contributed by atoms with Crippen LogP contribution in [0.1, 0.15) is 10.5 Å². The molecule has 1 aromatic heterocycles. The second-order valence-corrected chi connectivity index (χ2v) is 4.09. The molecular formula is C14H9F4NO3. The number of ether oxygens (including phenoxy) is 2. The van der Waals surface area contributed by atoms with Gasteiger partial charge in [-0.25, -0.2) is 14.2 Å². The van der Waals surface area contributed by atoms with Crippen LogP contribution in [0.4, 0.5) is 17.6 Å². The van der Waals surface area contributed by atoms with E-state index in [1.807, 2.05) is 0 Å². The fourth-order valence-electron chi connectivity index (χ4n) is 1.75. The highest BCUT2D eigenvalue weighted by atomic mass is 19.4. The largest absolute Gasteiger partial charge is 0.573 e. The van der Waals surface area contributed by atoms with E-state index in [0.717, 1.165) is 25.4 Å². The van der Waals surface area contributed by atoms with E-state index < -0.39 is 29.6 Å². The lowest BCUT2D eigenvalue weighted by Crippen LogP contribution is -2.17. The highest BCUT2D eigenvalue weighted by Crippen LogP contribution is 2.33. The van der Waals surface area contributed by atoms with Crippen LogP contribution in [0.2, 0.25) is 0 Å². The molecule has 0 saturated heterocycles. The summed E-state index contributed by atoms with van der Waals surface area (Å²) in [4.78, 5) is 14.8. The molecule has 0 aliphatic heterocycles. The van der Waals surface area contributed by atoms with Crippen LogP contribution in [0.3, 0.4) is 0 Å². The Kier molecular flexibility index (Phi) is 4.30. The van der Waals surface area contributed by atoms with E-state index in [2.05, 4.69) is 14.5 Å². The quantitative estimate of drug-likeness (QED) is 0.642. The lowest BCUT2D eigenvalue weighted by molar-refractivity contribution is -0.274. The third kappa shape index (κ3) is 3.51. The number of alkyl halides is 3. The van der Waals surface area contributed by atoms with Crippen LogP contribution < -0.4 is 4.74 Å². The molecule has 2 aromatic rings. The summed E-state index contributed by atoms with van der Waals surface area (Å²) in [5.41, 5.74) is -0.534. The molecule has 0 saturated carbocycles. The van der Waals surface area contributed by atoms with Crippen molar-refractivity contribution in [2.24, 2.45) is 0 Å². The Morgan fingerprint density at radius 3 is 2.50 bits per heavy atom.